The molecule has 0 saturated heterocycles. The zero-order chi connectivity index (χ0) is 14.8. The number of imidazole rings is 1. The molecule has 2 aromatic rings. The monoisotopic (exact) mass is 273 g/mol. The Kier molecular flexibility index (Phi) is 4.06. The summed E-state index contributed by atoms with van der Waals surface area (Å²) < 4.78 is 2.10. The number of anilines is 1. The van der Waals surface area contributed by atoms with Crippen LogP contribution in [0.3, 0.4) is 0 Å². The molecule has 108 valence electrons. The van der Waals surface area contributed by atoms with Crippen molar-refractivity contribution in [3.05, 3.63) is 24.3 Å². The molecule has 0 spiro atoms. The summed E-state index contributed by atoms with van der Waals surface area (Å²) in [6.45, 7) is 9.54. The van der Waals surface area contributed by atoms with Crippen molar-refractivity contribution < 1.29 is 0 Å². The van der Waals surface area contributed by atoms with Gasteiger partial charge in [-0.15, -0.1) is 0 Å². The number of hydrogen-bond donors (Lipinski definition) is 1. The molecule has 2 rings (SSSR count). The van der Waals surface area contributed by atoms with Gasteiger partial charge in [-0.25, -0.2) is 15.0 Å². The van der Waals surface area contributed by atoms with Crippen molar-refractivity contribution in [3.63, 3.8) is 0 Å². The standard InChI is InChI=1S/C15H23N5/c1-6-7-20-10-17-9-11(20)14-18-12(15(2,3)4)8-13(16-5)19-14/h8-10H,6-7H2,1-5H3,(H,16,18,19). The second-order valence-corrected chi connectivity index (χ2v) is 5.93. The molecule has 0 fully saturated rings. The summed E-state index contributed by atoms with van der Waals surface area (Å²) in [7, 11) is 1.88. The fourth-order valence-corrected chi connectivity index (χ4v) is 2.00. The molecule has 5 nitrogen and oxygen atoms in total. The first-order valence-corrected chi connectivity index (χ1v) is 7.03. The first-order valence-electron chi connectivity index (χ1n) is 7.03. The summed E-state index contributed by atoms with van der Waals surface area (Å²) in [5.74, 6) is 1.57. The molecule has 0 bridgehead atoms. The second-order valence-electron chi connectivity index (χ2n) is 5.93. The topological polar surface area (TPSA) is 55.6 Å². The number of nitrogens with zero attached hydrogens (tertiary/aromatic N) is 4. The quantitative estimate of drug-likeness (QED) is 0.930. The highest BCUT2D eigenvalue weighted by Crippen LogP contribution is 2.25. The molecule has 0 atom stereocenters. The van der Waals surface area contributed by atoms with Gasteiger partial charge in [-0.3, -0.25) is 0 Å². The van der Waals surface area contributed by atoms with E-state index in [-0.39, 0.29) is 5.41 Å². The predicted molar refractivity (Wildman–Crippen MR) is 81.8 cm³/mol. The highest BCUT2D eigenvalue weighted by molar-refractivity contribution is 5.53. The lowest BCUT2D eigenvalue weighted by Gasteiger charge is -2.19. The van der Waals surface area contributed by atoms with Crippen LogP contribution in [-0.2, 0) is 12.0 Å². The lowest BCUT2D eigenvalue weighted by Crippen LogP contribution is -2.16. The summed E-state index contributed by atoms with van der Waals surface area (Å²) in [4.78, 5) is 13.5. The maximum absolute atomic E-state index is 4.73. The van der Waals surface area contributed by atoms with Crippen LogP contribution in [0.25, 0.3) is 11.5 Å². The van der Waals surface area contributed by atoms with Crippen LogP contribution >= 0.6 is 0 Å². The Balaban J connectivity index is 2.53. The molecule has 2 aromatic heterocycles. The normalized spacial score (nSPS) is 11.7. The average Bonchev–Trinajstić information content (AvgIpc) is 2.86. The molecule has 2 heterocycles. The van der Waals surface area contributed by atoms with Crippen LogP contribution in [0.4, 0.5) is 5.82 Å². The Labute approximate surface area is 120 Å². The van der Waals surface area contributed by atoms with Gasteiger partial charge in [-0.05, 0) is 6.42 Å². The molecule has 0 saturated carbocycles. The third kappa shape index (κ3) is 2.98. The average molecular weight is 273 g/mol. The van der Waals surface area contributed by atoms with Crippen molar-refractivity contribution in [2.45, 2.75) is 46.1 Å². The van der Waals surface area contributed by atoms with Crippen LogP contribution in [0.2, 0.25) is 0 Å². The van der Waals surface area contributed by atoms with E-state index in [1.165, 1.54) is 0 Å². The van der Waals surface area contributed by atoms with E-state index in [2.05, 4.69) is 47.5 Å². The SMILES string of the molecule is CCCn1cncc1-c1nc(NC)cc(C(C)(C)C)n1. The van der Waals surface area contributed by atoms with Gasteiger partial charge in [-0.2, -0.15) is 0 Å². The zero-order valence-electron chi connectivity index (χ0n) is 12.9. The molecule has 0 unspecified atom stereocenters. The van der Waals surface area contributed by atoms with E-state index in [1.807, 2.05) is 25.6 Å². The van der Waals surface area contributed by atoms with E-state index in [4.69, 9.17) is 4.98 Å². The molecule has 20 heavy (non-hydrogen) atoms. The Morgan fingerprint density at radius 1 is 1.25 bits per heavy atom. The molecular weight excluding hydrogens is 250 g/mol. The fourth-order valence-electron chi connectivity index (χ4n) is 2.00. The van der Waals surface area contributed by atoms with Crippen LogP contribution in [0, 0.1) is 0 Å². The van der Waals surface area contributed by atoms with E-state index in [0.717, 1.165) is 36.0 Å². The highest BCUT2D eigenvalue weighted by atomic mass is 15.1. The summed E-state index contributed by atoms with van der Waals surface area (Å²) in [6.07, 6.45) is 4.73. The van der Waals surface area contributed by atoms with E-state index >= 15 is 0 Å². The maximum atomic E-state index is 4.73. The van der Waals surface area contributed by atoms with Crippen LogP contribution in [0.1, 0.15) is 39.8 Å². The Bertz CT molecular complexity index is 580. The van der Waals surface area contributed by atoms with E-state index < -0.39 is 0 Å². The van der Waals surface area contributed by atoms with Gasteiger partial charge in [0.05, 0.1) is 18.2 Å². The highest BCUT2D eigenvalue weighted by Gasteiger charge is 2.19. The number of aromatic nitrogens is 4. The number of rotatable bonds is 4. The van der Waals surface area contributed by atoms with Gasteiger partial charge in [-0.1, -0.05) is 27.7 Å². The zero-order valence-corrected chi connectivity index (χ0v) is 12.9. The van der Waals surface area contributed by atoms with Crippen molar-refractivity contribution in [3.8, 4) is 11.5 Å². The van der Waals surface area contributed by atoms with Gasteiger partial charge in [0, 0.05) is 25.1 Å². The molecule has 0 aliphatic heterocycles. The molecule has 0 radical (unpaired) electrons. The first-order chi connectivity index (χ1) is 9.45. The van der Waals surface area contributed by atoms with Gasteiger partial charge < -0.3 is 9.88 Å². The fraction of sp³-hybridized carbons (Fsp3) is 0.533. The Morgan fingerprint density at radius 3 is 2.60 bits per heavy atom. The first kappa shape index (κ1) is 14.5. The number of aryl methyl sites for hydroxylation is 1. The Morgan fingerprint density at radius 2 is 2.00 bits per heavy atom. The largest absolute Gasteiger partial charge is 0.373 e. The van der Waals surface area contributed by atoms with E-state index in [9.17, 15) is 0 Å². The minimum absolute atomic E-state index is 0.0150. The lowest BCUT2D eigenvalue weighted by atomic mass is 9.92. The summed E-state index contributed by atoms with van der Waals surface area (Å²) >= 11 is 0. The number of nitrogens with one attached hydrogen (secondary N) is 1. The summed E-state index contributed by atoms with van der Waals surface area (Å²) in [5, 5.41) is 3.11. The van der Waals surface area contributed by atoms with Crippen LogP contribution in [0.15, 0.2) is 18.6 Å². The minimum atomic E-state index is -0.0150. The van der Waals surface area contributed by atoms with Gasteiger partial charge >= 0.3 is 0 Å². The van der Waals surface area contributed by atoms with Crippen LogP contribution in [0.5, 0.6) is 0 Å². The molecule has 0 aliphatic rings. The summed E-state index contributed by atoms with van der Waals surface area (Å²) in [6, 6.07) is 2.00. The molecular formula is C15H23N5. The molecule has 5 heteroatoms. The van der Waals surface area contributed by atoms with E-state index in [1.54, 1.807) is 0 Å². The lowest BCUT2D eigenvalue weighted by molar-refractivity contribution is 0.567. The third-order valence-corrected chi connectivity index (χ3v) is 3.16. The van der Waals surface area contributed by atoms with Gasteiger partial charge in [0.2, 0.25) is 0 Å². The van der Waals surface area contributed by atoms with Crippen molar-refractivity contribution in [1.29, 1.82) is 0 Å². The van der Waals surface area contributed by atoms with Crippen molar-refractivity contribution in [2.24, 2.45) is 0 Å². The smallest absolute Gasteiger partial charge is 0.180 e. The summed E-state index contributed by atoms with van der Waals surface area (Å²) in [5.41, 5.74) is 1.98. The van der Waals surface area contributed by atoms with Gasteiger partial charge in [0.25, 0.3) is 0 Å². The van der Waals surface area contributed by atoms with Crippen molar-refractivity contribution in [2.75, 3.05) is 12.4 Å². The van der Waals surface area contributed by atoms with Crippen LogP contribution in [-0.4, -0.2) is 26.6 Å². The number of hydrogen-bond acceptors (Lipinski definition) is 4. The minimum Gasteiger partial charge on any atom is -0.373 e. The molecule has 0 aliphatic carbocycles. The van der Waals surface area contributed by atoms with Crippen LogP contribution < -0.4 is 5.32 Å². The van der Waals surface area contributed by atoms with Crippen molar-refractivity contribution >= 4 is 5.82 Å². The van der Waals surface area contributed by atoms with Crippen molar-refractivity contribution in [1.82, 2.24) is 19.5 Å². The predicted octanol–water partition coefficient (Wildman–Crippen LogP) is 3.09. The third-order valence-electron chi connectivity index (χ3n) is 3.16. The molecule has 0 aromatic carbocycles. The molecule has 1 N–H and O–H groups in total. The Hall–Kier alpha value is -1.91. The van der Waals surface area contributed by atoms with Gasteiger partial charge in [0.15, 0.2) is 5.82 Å². The maximum Gasteiger partial charge on any atom is 0.180 e. The molecule has 0 amide bonds. The van der Waals surface area contributed by atoms with E-state index in [0.29, 0.717) is 0 Å². The van der Waals surface area contributed by atoms with Gasteiger partial charge in [0.1, 0.15) is 11.5 Å². The second kappa shape index (κ2) is 5.61.